The molecule has 2 saturated heterocycles. The van der Waals surface area contributed by atoms with Crippen molar-refractivity contribution in [1.29, 1.82) is 0 Å². The van der Waals surface area contributed by atoms with E-state index in [0.29, 0.717) is 81.9 Å². The molecule has 3 aliphatic heterocycles. The third-order valence-electron chi connectivity index (χ3n) is 8.13. The number of morpholine rings is 1. The topological polar surface area (TPSA) is 70.2 Å². The standard InChI is InChI=1S/C30H36ClN3O4S/c1-30(12-14-34(30)28(36)19-23-21-39-26-6-3-2-5-25(23)26)29(37)33(20-22-8-10-24(31)11-9-22)13-4-7-27(35)32-15-17-38-18-16-32/h2-3,5,8-11,21,26H,4,6-7,12-20H2,1H3. The first-order valence-corrected chi connectivity index (χ1v) is 15.1. The van der Waals surface area contributed by atoms with Gasteiger partial charge in [0.25, 0.3) is 0 Å². The highest BCUT2D eigenvalue weighted by Crippen LogP contribution is 2.42. The van der Waals surface area contributed by atoms with Crippen LogP contribution in [0.2, 0.25) is 5.02 Å². The molecule has 208 valence electrons. The van der Waals surface area contributed by atoms with Crippen molar-refractivity contribution in [2.45, 2.75) is 56.4 Å². The molecule has 39 heavy (non-hydrogen) atoms. The number of hydrogen-bond donors (Lipinski definition) is 0. The summed E-state index contributed by atoms with van der Waals surface area (Å²) in [5.74, 6) is 0.0223. The molecule has 0 radical (unpaired) electrons. The molecule has 0 spiro atoms. The monoisotopic (exact) mass is 569 g/mol. The van der Waals surface area contributed by atoms with Crippen LogP contribution in [0.1, 0.15) is 44.6 Å². The van der Waals surface area contributed by atoms with Crippen LogP contribution in [0.5, 0.6) is 0 Å². The van der Waals surface area contributed by atoms with Gasteiger partial charge in [-0.2, -0.15) is 0 Å². The average molecular weight is 570 g/mol. The van der Waals surface area contributed by atoms with Gasteiger partial charge in [-0.25, -0.2) is 0 Å². The summed E-state index contributed by atoms with van der Waals surface area (Å²) >= 11 is 7.86. The molecule has 1 aromatic carbocycles. The molecular weight excluding hydrogens is 534 g/mol. The molecule has 9 heteroatoms. The van der Waals surface area contributed by atoms with Crippen molar-refractivity contribution in [3.05, 3.63) is 69.6 Å². The minimum atomic E-state index is -0.885. The predicted octanol–water partition coefficient (Wildman–Crippen LogP) is 4.57. The van der Waals surface area contributed by atoms with E-state index in [1.54, 1.807) is 16.7 Å². The summed E-state index contributed by atoms with van der Waals surface area (Å²) in [6, 6.07) is 7.47. The largest absolute Gasteiger partial charge is 0.378 e. The van der Waals surface area contributed by atoms with Crippen molar-refractivity contribution < 1.29 is 19.1 Å². The van der Waals surface area contributed by atoms with Gasteiger partial charge in [-0.3, -0.25) is 14.4 Å². The Hall–Kier alpha value is -2.55. The van der Waals surface area contributed by atoms with Gasteiger partial charge >= 0.3 is 0 Å². The molecule has 0 aromatic heterocycles. The summed E-state index contributed by atoms with van der Waals surface area (Å²) in [5.41, 5.74) is 2.38. The molecule has 7 nitrogen and oxygen atoms in total. The van der Waals surface area contributed by atoms with Crippen LogP contribution >= 0.6 is 23.4 Å². The fraction of sp³-hybridized carbons (Fsp3) is 0.500. The molecule has 2 fully saturated rings. The van der Waals surface area contributed by atoms with Crippen molar-refractivity contribution in [1.82, 2.24) is 14.7 Å². The van der Waals surface area contributed by atoms with Gasteiger partial charge in [-0.15, -0.1) is 11.8 Å². The first kappa shape index (κ1) is 28.0. The zero-order valence-electron chi connectivity index (χ0n) is 22.4. The van der Waals surface area contributed by atoms with E-state index >= 15 is 0 Å². The zero-order chi connectivity index (χ0) is 27.4. The highest BCUT2D eigenvalue weighted by atomic mass is 35.5. The SMILES string of the molecule is CC1(C(=O)N(CCCC(=O)N2CCOCC2)Cc2ccc(Cl)cc2)CCN1C(=O)CC1=CSC2CC=CC=C12. The number of carbonyl (C=O) groups is 3. The van der Waals surface area contributed by atoms with Gasteiger partial charge in [0.05, 0.1) is 19.6 Å². The Kier molecular flexibility index (Phi) is 8.84. The Balaban J connectivity index is 1.25. The van der Waals surface area contributed by atoms with Crippen molar-refractivity contribution in [3.8, 4) is 0 Å². The zero-order valence-corrected chi connectivity index (χ0v) is 24.0. The van der Waals surface area contributed by atoms with Crippen molar-refractivity contribution in [3.63, 3.8) is 0 Å². The Morgan fingerprint density at radius 2 is 1.90 bits per heavy atom. The third-order valence-corrected chi connectivity index (χ3v) is 9.58. The molecule has 4 aliphatic rings. The minimum Gasteiger partial charge on any atom is -0.378 e. The van der Waals surface area contributed by atoms with E-state index in [-0.39, 0.29) is 17.7 Å². The van der Waals surface area contributed by atoms with Crippen molar-refractivity contribution >= 4 is 41.1 Å². The highest BCUT2D eigenvalue weighted by Gasteiger charge is 2.51. The van der Waals surface area contributed by atoms with Crippen LogP contribution in [0, 0.1) is 0 Å². The van der Waals surface area contributed by atoms with Crippen LogP contribution in [-0.2, 0) is 25.7 Å². The second kappa shape index (κ2) is 12.3. The number of allylic oxidation sites excluding steroid dienone is 3. The maximum atomic E-state index is 14.0. The van der Waals surface area contributed by atoms with Gasteiger partial charge in [-0.05, 0) is 60.4 Å². The summed E-state index contributed by atoms with van der Waals surface area (Å²) in [7, 11) is 0. The number of ether oxygens (including phenoxy) is 1. The molecule has 3 heterocycles. The normalized spacial score (nSPS) is 24.0. The quantitative estimate of drug-likeness (QED) is 0.436. The lowest BCUT2D eigenvalue weighted by Gasteiger charge is -2.51. The molecule has 5 rings (SSSR count). The van der Waals surface area contributed by atoms with Gasteiger partial charge in [0.1, 0.15) is 5.54 Å². The number of halogens is 1. The van der Waals surface area contributed by atoms with Crippen LogP contribution in [0.4, 0.5) is 0 Å². The minimum absolute atomic E-state index is 0.00556. The Morgan fingerprint density at radius 1 is 1.13 bits per heavy atom. The number of carbonyl (C=O) groups excluding carboxylic acids is 3. The lowest BCUT2D eigenvalue weighted by molar-refractivity contribution is -0.164. The number of thioether (sulfide) groups is 1. The molecule has 0 saturated carbocycles. The fourth-order valence-electron chi connectivity index (χ4n) is 5.66. The van der Waals surface area contributed by atoms with E-state index in [1.807, 2.05) is 41.0 Å². The maximum Gasteiger partial charge on any atom is 0.248 e. The number of rotatable bonds is 9. The fourth-order valence-corrected chi connectivity index (χ4v) is 6.93. The number of nitrogens with zero attached hydrogens (tertiary/aromatic N) is 3. The maximum absolute atomic E-state index is 14.0. The first-order valence-electron chi connectivity index (χ1n) is 13.8. The molecule has 2 atom stereocenters. The summed E-state index contributed by atoms with van der Waals surface area (Å²) in [6.45, 7) is 5.68. The average Bonchev–Trinajstić information content (AvgIpc) is 3.35. The van der Waals surface area contributed by atoms with Crippen LogP contribution in [0.3, 0.4) is 0 Å². The van der Waals surface area contributed by atoms with Crippen LogP contribution < -0.4 is 0 Å². The lowest BCUT2D eigenvalue weighted by Crippen LogP contribution is -2.67. The number of fused-ring (bicyclic) bond motifs is 1. The molecule has 0 bridgehead atoms. The van der Waals surface area contributed by atoms with E-state index < -0.39 is 5.54 Å². The molecule has 2 unspecified atom stereocenters. The summed E-state index contributed by atoms with van der Waals surface area (Å²) in [5, 5.41) is 3.15. The molecule has 1 aromatic rings. The highest BCUT2D eigenvalue weighted by molar-refractivity contribution is 8.03. The second-order valence-electron chi connectivity index (χ2n) is 10.7. The Bertz CT molecular complexity index is 1190. The van der Waals surface area contributed by atoms with E-state index in [2.05, 4.69) is 23.6 Å². The van der Waals surface area contributed by atoms with Gasteiger partial charge < -0.3 is 19.4 Å². The number of likely N-dealkylation sites (tertiary alicyclic amines) is 1. The molecule has 1 aliphatic carbocycles. The number of hydrogen-bond acceptors (Lipinski definition) is 5. The van der Waals surface area contributed by atoms with Crippen molar-refractivity contribution in [2.75, 3.05) is 39.4 Å². The summed E-state index contributed by atoms with van der Waals surface area (Å²) in [6.07, 6.45) is 9.20. The van der Waals surface area contributed by atoms with Crippen molar-refractivity contribution in [2.24, 2.45) is 0 Å². The molecule has 0 N–H and O–H groups in total. The van der Waals surface area contributed by atoms with Gasteiger partial charge in [0, 0.05) is 49.4 Å². The summed E-state index contributed by atoms with van der Waals surface area (Å²) < 4.78 is 5.35. The van der Waals surface area contributed by atoms with E-state index in [4.69, 9.17) is 16.3 Å². The van der Waals surface area contributed by atoms with Crippen LogP contribution in [-0.4, -0.2) is 82.6 Å². The van der Waals surface area contributed by atoms with Gasteiger partial charge in [-0.1, -0.05) is 42.0 Å². The molecular formula is C30H36ClN3O4S. The first-order chi connectivity index (χ1) is 18.8. The van der Waals surface area contributed by atoms with E-state index in [0.717, 1.165) is 17.6 Å². The lowest BCUT2D eigenvalue weighted by atomic mass is 9.83. The predicted molar refractivity (Wildman–Crippen MR) is 154 cm³/mol. The Morgan fingerprint density at radius 3 is 2.62 bits per heavy atom. The molecule has 3 amide bonds. The number of amides is 3. The number of benzene rings is 1. The van der Waals surface area contributed by atoms with Gasteiger partial charge in [0.15, 0.2) is 0 Å². The van der Waals surface area contributed by atoms with Gasteiger partial charge in [0.2, 0.25) is 17.7 Å². The summed E-state index contributed by atoms with van der Waals surface area (Å²) in [4.78, 5) is 45.6. The van der Waals surface area contributed by atoms with E-state index in [1.165, 1.54) is 5.57 Å². The van der Waals surface area contributed by atoms with E-state index in [9.17, 15) is 14.4 Å². The smallest absolute Gasteiger partial charge is 0.248 e. The second-order valence-corrected chi connectivity index (χ2v) is 12.3. The van der Waals surface area contributed by atoms with Crippen LogP contribution in [0.25, 0.3) is 0 Å². The van der Waals surface area contributed by atoms with Crippen LogP contribution in [0.15, 0.2) is 59.0 Å². The third kappa shape index (κ3) is 6.28. The Labute approximate surface area is 239 Å².